The molecule has 16 aromatic rings. The Hall–Kier alpha value is -9.79. The normalized spacial score (nSPS) is 12.2. The van der Waals surface area contributed by atoms with Gasteiger partial charge in [0.15, 0.2) is 17.5 Å². The van der Waals surface area contributed by atoms with Crippen LogP contribution in [-0.2, 0) is 0 Å². The van der Waals surface area contributed by atoms with Crippen molar-refractivity contribution in [3.05, 3.63) is 200 Å². The molecule has 0 bridgehead atoms. The van der Waals surface area contributed by atoms with Crippen molar-refractivity contribution in [3.8, 4) is 56.4 Å². The fraction of sp³-hybridized carbons (Fsp3) is 0. The van der Waals surface area contributed by atoms with Gasteiger partial charge in [-0.25, -0.2) is 15.0 Å². The molecule has 8 nitrogen and oxygen atoms in total. The minimum Gasteiger partial charge on any atom is -0.456 e. The predicted molar refractivity (Wildman–Crippen MR) is 283 cm³/mol. The fourth-order valence-electron chi connectivity index (χ4n) is 10.8. The molecule has 0 N–H and O–H groups in total. The molecule has 0 saturated heterocycles. The molecule has 0 aliphatic rings. The van der Waals surface area contributed by atoms with Crippen molar-refractivity contribution in [2.45, 2.75) is 0 Å². The fourth-order valence-corrected chi connectivity index (χ4v) is 10.8. The minimum atomic E-state index is 0.515. The van der Waals surface area contributed by atoms with Crippen LogP contribution in [0, 0.1) is 0 Å². The van der Waals surface area contributed by atoms with Crippen molar-refractivity contribution in [2.75, 3.05) is 0 Å². The van der Waals surface area contributed by atoms with Crippen LogP contribution < -0.4 is 0 Å². The summed E-state index contributed by atoms with van der Waals surface area (Å²) in [6, 6.07) is 68.2. The summed E-state index contributed by atoms with van der Waals surface area (Å²) in [5.74, 6) is 1.56. The monoisotopic (exact) mass is 911 g/mol. The van der Waals surface area contributed by atoms with Gasteiger partial charge in [-0.2, -0.15) is 0 Å². The van der Waals surface area contributed by atoms with E-state index in [1.165, 1.54) is 0 Å². The molecule has 0 aliphatic heterocycles. The van der Waals surface area contributed by atoms with Crippen LogP contribution in [-0.4, -0.2) is 15.0 Å². The Labute approximate surface area is 401 Å². The molecular weight excluding hydrogens is 879 g/mol. The molecule has 16 rings (SSSR count). The minimum absolute atomic E-state index is 0.515. The molecule has 6 aromatic heterocycles. The van der Waals surface area contributed by atoms with Crippen molar-refractivity contribution in [3.63, 3.8) is 0 Å². The number of fused-ring (bicyclic) bond motifs is 15. The number of para-hydroxylation sites is 3. The molecule has 6 heterocycles. The number of benzene rings is 10. The number of nitrogens with zero attached hydrogens (tertiary/aromatic N) is 3. The van der Waals surface area contributed by atoms with E-state index in [1.54, 1.807) is 0 Å². The van der Waals surface area contributed by atoms with Crippen molar-refractivity contribution in [2.24, 2.45) is 0 Å². The zero-order chi connectivity index (χ0) is 46.3. The predicted octanol–water partition coefficient (Wildman–Crippen LogP) is 17.7. The third-order valence-corrected chi connectivity index (χ3v) is 14.2. The van der Waals surface area contributed by atoms with Crippen LogP contribution in [0.2, 0.25) is 0 Å². The van der Waals surface area contributed by atoms with Gasteiger partial charge in [-0.1, -0.05) is 103 Å². The Bertz CT molecular complexity index is 4910. The summed E-state index contributed by atoms with van der Waals surface area (Å²) in [5, 5.41) is 10.1. The Balaban J connectivity index is 0.887. The zero-order valence-electron chi connectivity index (χ0n) is 37.4. The van der Waals surface area contributed by atoms with Crippen molar-refractivity contribution in [1.29, 1.82) is 0 Å². The molecule has 71 heavy (non-hydrogen) atoms. The maximum absolute atomic E-state index is 6.69. The summed E-state index contributed by atoms with van der Waals surface area (Å²) in [7, 11) is 0. The van der Waals surface area contributed by atoms with Gasteiger partial charge in [-0.05, 0) is 119 Å². The number of furan rings is 5. The van der Waals surface area contributed by atoms with Crippen LogP contribution in [0.25, 0.3) is 166 Å². The highest BCUT2D eigenvalue weighted by Crippen LogP contribution is 2.43. The Morgan fingerprint density at radius 1 is 0.211 bits per heavy atom. The van der Waals surface area contributed by atoms with Crippen LogP contribution in [0.1, 0.15) is 0 Å². The number of aromatic nitrogens is 3. The van der Waals surface area contributed by atoms with Crippen LogP contribution in [0.3, 0.4) is 0 Å². The van der Waals surface area contributed by atoms with Gasteiger partial charge in [0.25, 0.3) is 0 Å². The standard InChI is InChI=1S/C63H33N3O5/c1-4-14-49-39(9-1)45-29-34(20-25-52(45)67-49)36-22-27-55-48(31-36)60-44(13-8-18-57(60)70-55)63-65-61(38-23-28-54-47(32-38)41-11-3-6-16-51(41)69-54)64-62(66-63)43-12-7-17-56-59(43)42-24-19-37(33-58(42)71-56)35-21-26-53-46(30-35)40-10-2-5-15-50(40)68-53/h1-33H. The summed E-state index contributed by atoms with van der Waals surface area (Å²) in [6.07, 6.45) is 0. The van der Waals surface area contributed by atoms with E-state index in [0.717, 1.165) is 149 Å². The molecule has 0 fully saturated rings. The largest absolute Gasteiger partial charge is 0.456 e. The number of hydrogen-bond donors (Lipinski definition) is 0. The first kappa shape index (κ1) is 38.2. The van der Waals surface area contributed by atoms with E-state index >= 15 is 0 Å². The van der Waals surface area contributed by atoms with Crippen LogP contribution in [0.5, 0.6) is 0 Å². The maximum atomic E-state index is 6.69. The second-order valence-corrected chi connectivity index (χ2v) is 18.2. The highest BCUT2D eigenvalue weighted by Gasteiger charge is 2.22. The van der Waals surface area contributed by atoms with Gasteiger partial charge in [0.05, 0.1) is 0 Å². The van der Waals surface area contributed by atoms with Crippen molar-refractivity contribution in [1.82, 2.24) is 15.0 Å². The van der Waals surface area contributed by atoms with E-state index in [4.69, 9.17) is 37.0 Å². The lowest BCUT2D eigenvalue weighted by Crippen LogP contribution is -2.00. The summed E-state index contributed by atoms with van der Waals surface area (Å²) >= 11 is 0. The second kappa shape index (κ2) is 14.4. The van der Waals surface area contributed by atoms with Gasteiger partial charge < -0.3 is 22.1 Å². The summed E-state index contributed by atoms with van der Waals surface area (Å²) in [4.78, 5) is 16.0. The third-order valence-electron chi connectivity index (χ3n) is 14.2. The van der Waals surface area contributed by atoms with Crippen LogP contribution in [0.4, 0.5) is 0 Å². The summed E-state index contributed by atoms with van der Waals surface area (Å²) in [6.45, 7) is 0. The number of hydrogen-bond acceptors (Lipinski definition) is 8. The van der Waals surface area contributed by atoms with E-state index in [2.05, 4.69) is 103 Å². The highest BCUT2D eigenvalue weighted by molar-refractivity contribution is 6.15. The maximum Gasteiger partial charge on any atom is 0.164 e. The Kier molecular flexibility index (Phi) is 7.73. The molecule has 8 heteroatoms. The van der Waals surface area contributed by atoms with E-state index < -0.39 is 0 Å². The molecular formula is C63H33N3O5. The third kappa shape index (κ3) is 5.76. The van der Waals surface area contributed by atoms with Crippen LogP contribution >= 0.6 is 0 Å². The molecule has 0 spiro atoms. The average molecular weight is 912 g/mol. The lowest BCUT2D eigenvalue weighted by molar-refractivity contribution is 0.668. The lowest BCUT2D eigenvalue weighted by atomic mass is 9.99. The second-order valence-electron chi connectivity index (χ2n) is 18.2. The highest BCUT2D eigenvalue weighted by atomic mass is 16.3. The first-order valence-corrected chi connectivity index (χ1v) is 23.5. The Morgan fingerprint density at radius 2 is 0.563 bits per heavy atom. The molecule has 0 amide bonds. The zero-order valence-corrected chi connectivity index (χ0v) is 37.4. The molecule has 330 valence electrons. The lowest BCUT2D eigenvalue weighted by Gasteiger charge is -2.10. The summed E-state index contributed by atoms with van der Waals surface area (Å²) < 4.78 is 31.9. The molecule has 0 radical (unpaired) electrons. The summed E-state index contributed by atoms with van der Waals surface area (Å²) in [5.41, 5.74) is 14.8. The molecule has 0 atom stereocenters. The molecule has 0 saturated carbocycles. The quantitative estimate of drug-likeness (QED) is 0.168. The van der Waals surface area contributed by atoms with E-state index in [-0.39, 0.29) is 0 Å². The van der Waals surface area contributed by atoms with Gasteiger partial charge in [0.2, 0.25) is 0 Å². The molecule has 10 aromatic carbocycles. The van der Waals surface area contributed by atoms with E-state index in [1.807, 2.05) is 97.1 Å². The molecule has 0 unspecified atom stereocenters. The topological polar surface area (TPSA) is 104 Å². The Morgan fingerprint density at radius 3 is 1.10 bits per heavy atom. The SMILES string of the molecule is c1ccc2c(c1)oc1ccc(-c3ccc4c(c3)oc3cccc(-c5nc(-c6ccc7oc8ccccc8c7c6)nc(-c6cccc7oc8ccc(-c9ccc%10oc%11ccccc%11c%10c9)cc8c67)n5)c34)cc12. The smallest absolute Gasteiger partial charge is 0.164 e. The first-order valence-electron chi connectivity index (χ1n) is 23.5. The van der Waals surface area contributed by atoms with Gasteiger partial charge in [0, 0.05) is 70.6 Å². The molecule has 0 aliphatic carbocycles. The first-order chi connectivity index (χ1) is 35.1. The van der Waals surface area contributed by atoms with Gasteiger partial charge >= 0.3 is 0 Å². The van der Waals surface area contributed by atoms with Gasteiger partial charge in [-0.3, -0.25) is 0 Å². The van der Waals surface area contributed by atoms with Crippen LogP contribution in [0.15, 0.2) is 222 Å². The van der Waals surface area contributed by atoms with Crippen molar-refractivity contribution >= 4 is 110 Å². The van der Waals surface area contributed by atoms with Crippen molar-refractivity contribution < 1.29 is 22.1 Å². The van der Waals surface area contributed by atoms with Gasteiger partial charge in [0.1, 0.15) is 55.8 Å². The average Bonchev–Trinajstić information content (AvgIpc) is 4.25. The van der Waals surface area contributed by atoms with E-state index in [0.29, 0.717) is 17.5 Å². The number of rotatable bonds is 5. The van der Waals surface area contributed by atoms with Gasteiger partial charge in [-0.15, -0.1) is 0 Å². The van der Waals surface area contributed by atoms with E-state index in [9.17, 15) is 0 Å².